The summed E-state index contributed by atoms with van der Waals surface area (Å²) in [7, 11) is 1.47. The molecule has 0 aliphatic carbocycles. The van der Waals surface area contributed by atoms with E-state index in [4.69, 9.17) is 4.74 Å². The Morgan fingerprint density at radius 1 is 1.47 bits per heavy atom. The lowest BCUT2D eigenvalue weighted by atomic mass is 10.3. The minimum atomic E-state index is -0.473. The summed E-state index contributed by atoms with van der Waals surface area (Å²) in [5, 5.41) is 13.9. The number of thiophene rings is 1. The molecule has 0 aliphatic rings. The molecule has 6 nitrogen and oxygen atoms in total. The number of nitrogens with one attached hydrogen (secondary N) is 1. The highest BCUT2D eigenvalue weighted by atomic mass is 79.9. The van der Waals surface area contributed by atoms with Gasteiger partial charge < -0.3 is 10.1 Å². The molecule has 0 spiro atoms. The van der Waals surface area contributed by atoms with Crippen molar-refractivity contribution in [2.24, 2.45) is 0 Å². The molecule has 2 heterocycles. The summed E-state index contributed by atoms with van der Waals surface area (Å²) in [6.07, 6.45) is 0. The zero-order valence-corrected chi connectivity index (χ0v) is 12.3. The number of anilines is 1. The van der Waals surface area contributed by atoms with E-state index in [9.17, 15) is 10.1 Å². The standard InChI is InChI=1S/C11H10BrN3O3S/c1-18-10-5-3-8(15(16)17)11(14-10)13-6-7-2-4-9(12)19-7/h2-5H,6H2,1H3,(H,13,14). The number of halogens is 1. The van der Waals surface area contributed by atoms with Gasteiger partial charge in [-0.15, -0.1) is 11.3 Å². The summed E-state index contributed by atoms with van der Waals surface area (Å²) < 4.78 is 5.98. The Kier molecular flexibility index (Phi) is 4.33. The lowest BCUT2D eigenvalue weighted by Crippen LogP contribution is -2.04. The number of methoxy groups -OCH3 is 1. The molecule has 8 heteroatoms. The van der Waals surface area contributed by atoms with E-state index >= 15 is 0 Å². The third kappa shape index (κ3) is 3.42. The molecule has 0 amide bonds. The molecule has 0 bridgehead atoms. The lowest BCUT2D eigenvalue weighted by molar-refractivity contribution is -0.384. The Morgan fingerprint density at radius 2 is 2.26 bits per heavy atom. The number of nitro groups is 1. The molecule has 2 rings (SSSR count). The van der Waals surface area contributed by atoms with Crippen LogP contribution >= 0.6 is 27.3 Å². The van der Waals surface area contributed by atoms with Gasteiger partial charge in [-0.3, -0.25) is 10.1 Å². The molecular weight excluding hydrogens is 334 g/mol. The average molecular weight is 344 g/mol. The van der Waals surface area contributed by atoms with Crippen molar-refractivity contribution >= 4 is 38.8 Å². The first kappa shape index (κ1) is 13.8. The molecule has 0 aromatic carbocycles. The fraction of sp³-hybridized carbons (Fsp3) is 0.182. The SMILES string of the molecule is COc1ccc([N+](=O)[O-])c(NCc2ccc(Br)s2)n1. The van der Waals surface area contributed by atoms with Gasteiger partial charge in [-0.25, -0.2) is 0 Å². The number of hydrogen-bond donors (Lipinski definition) is 1. The minimum Gasteiger partial charge on any atom is -0.481 e. The third-order valence-corrected chi connectivity index (χ3v) is 3.94. The topological polar surface area (TPSA) is 77.3 Å². The number of hydrogen-bond acceptors (Lipinski definition) is 6. The second kappa shape index (κ2) is 5.98. The van der Waals surface area contributed by atoms with Gasteiger partial charge in [0.2, 0.25) is 11.7 Å². The van der Waals surface area contributed by atoms with Gasteiger partial charge in [0, 0.05) is 17.0 Å². The van der Waals surface area contributed by atoms with Gasteiger partial charge in [0.1, 0.15) is 0 Å². The number of ether oxygens (including phenoxy) is 1. The highest BCUT2D eigenvalue weighted by Crippen LogP contribution is 2.27. The Labute approximate surface area is 121 Å². The van der Waals surface area contributed by atoms with Crippen LogP contribution in [0.2, 0.25) is 0 Å². The molecule has 2 aromatic heterocycles. The summed E-state index contributed by atoms with van der Waals surface area (Å²) in [4.78, 5) is 15.5. The first-order valence-electron chi connectivity index (χ1n) is 5.27. The van der Waals surface area contributed by atoms with Crippen LogP contribution in [-0.2, 0) is 6.54 Å². The van der Waals surface area contributed by atoms with Crippen molar-refractivity contribution < 1.29 is 9.66 Å². The van der Waals surface area contributed by atoms with Gasteiger partial charge in [0.05, 0.1) is 22.4 Å². The van der Waals surface area contributed by atoms with Gasteiger partial charge in [-0.1, -0.05) is 0 Å². The molecule has 0 unspecified atom stereocenters. The van der Waals surface area contributed by atoms with E-state index in [2.05, 4.69) is 26.2 Å². The van der Waals surface area contributed by atoms with E-state index in [1.165, 1.54) is 19.2 Å². The molecular formula is C11H10BrN3O3S. The first-order valence-corrected chi connectivity index (χ1v) is 6.88. The highest BCUT2D eigenvalue weighted by Gasteiger charge is 2.16. The maximum atomic E-state index is 10.9. The Morgan fingerprint density at radius 3 is 2.84 bits per heavy atom. The van der Waals surface area contributed by atoms with Crippen LogP contribution in [0.3, 0.4) is 0 Å². The highest BCUT2D eigenvalue weighted by molar-refractivity contribution is 9.11. The van der Waals surface area contributed by atoms with Crippen LogP contribution in [0, 0.1) is 10.1 Å². The third-order valence-electron chi connectivity index (χ3n) is 2.31. The molecule has 0 aliphatic heterocycles. The predicted octanol–water partition coefficient (Wildman–Crippen LogP) is 3.43. The van der Waals surface area contributed by atoms with Gasteiger partial charge in [-0.2, -0.15) is 4.98 Å². The summed E-state index contributed by atoms with van der Waals surface area (Å²) in [6, 6.07) is 6.70. The van der Waals surface area contributed by atoms with Gasteiger partial charge in [-0.05, 0) is 28.1 Å². The van der Waals surface area contributed by atoms with Gasteiger partial charge in [0.25, 0.3) is 0 Å². The van der Waals surface area contributed by atoms with Crippen LogP contribution < -0.4 is 10.1 Å². The van der Waals surface area contributed by atoms with E-state index < -0.39 is 4.92 Å². The van der Waals surface area contributed by atoms with Crippen molar-refractivity contribution in [3.05, 3.63) is 43.0 Å². The fourth-order valence-electron chi connectivity index (χ4n) is 1.44. The first-order chi connectivity index (χ1) is 9.10. The smallest absolute Gasteiger partial charge is 0.311 e. The van der Waals surface area contributed by atoms with E-state index in [0.717, 1.165) is 8.66 Å². The average Bonchev–Trinajstić information content (AvgIpc) is 2.81. The van der Waals surface area contributed by atoms with E-state index in [1.807, 2.05) is 12.1 Å². The van der Waals surface area contributed by atoms with E-state index in [-0.39, 0.29) is 11.5 Å². The lowest BCUT2D eigenvalue weighted by Gasteiger charge is -2.06. The van der Waals surface area contributed by atoms with Crippen molar-refractivity contribution in [2.75, 3.05) is 12.4 Å². The molecule has 1 N–H and O–H groups in total. The van der Waals surface area contributed by atoms with Crippen LogP contribution in [0.1, 0.15) is 4.88 Å². The molecule has 0 saturated heterocycles. The zero-order chi connectivity index (χ0) is 13.8. The molecule has 0 fully saturated rings. The molecule has 19 heavy (non-hydrogen) atoms. The van der Waals surface area contributed by atoms with E-state index in [0.29, 0.717) is 12.4 Å². The summed E-state index contributed by atoms with van der Waals surface area (Å²) in [5.74, 6) is 0.536. The van der Waals surface area contributed by atoms with Gasteiger partial charge in [0.15, 0.2) is 0 Å². The number of nitrogens with zero attached hydrogens (tertiary/aromatic N) is 2. The molecule has 0 radical (unpaired) electrons. The van der Waals surface area contributed by atoms with Crippen LogP contribution in [-0.4, -0.2) is 17.0 Å². The molecule has 2 aromatic rings. The zero-order valence-electron chi connectivity index (χ0n) is 9.92. The van der Waals surface area contributed by atoms with Crippen LogP contribution in [0.25, 0.3) is 0 Å². The summed E-state index contributed by atoms with van der Waals surface area (Å²) in [6.45, 7) is 0.470. The maximum Gasteiger partial charge on any atom is 0.311 e. The van der Waals surface area contributed by atoms with Gasteiger partial charge >= 0.3 is 5.69 Å². The number of rotatable bonds is 5. The van der Waals surface area contributed by atoms with Crippen LogP contribution in [0.15, 0.2) is 28.1 Å². The second-order valence-corrected chi connectivity index (χ2v) is 6.09. The Bertz CT molecular complexity index is 603. The van der Waals surface area contributed by atoms with Crippen LogP contribution in [0.4, 0.5) is 11.5 Å². The Hall–Kier alpha value is -1.67. The monoisotopic (exact) mass is 343 g/mol. The summed E-state index contributed by atoms with van der Waals surface area (Å²) in [5.41, 5.74) is -0.0728. The predicted molar refractivity (Wildman–Crippen MR) is 76.8 cm³/mol. The molecule has 0 saturated carbocycles. The number of pyridine rings is 1. The number of aromatic nitrogens is 1. The maximum absolute atomic E-state index is 10.9. The van der Waals surface area contributed by atoms with Crippen molar-refractivity contribution in [1.29, 1.82) is 0 Å². The normalized spacial score (nSPS) is 10.2. The van der Waals surface area contributed by atoms with Crippen LogP contribution in [0.5, 0.6) is 5.88 Å². The van der Waals surface area contributed by atoms with Crippen molar-refractivity contribution in [3.63, 3.8) is 0 Å². The summed E-state index contributed by atoms with van der Waals surface area (Å²) >= 11 is 4.92. The minimum absolute atomic E-state index is 0.0728. The van der Waals surface area contributed by atoms with E-state index in [1.54, 1.807) is 11.3 Å². The largest absolute Gasteiger partial charge is 0.481 e. The fourth-order valence-corrected chi connectivity index (χ4v) is 2.87. The van der Waals surface area contributed by atoms with Crippen molar-refractivity contribution in [2.45, 2.75) is 6.54 Å². The van der Waals surface area contributed by atoms with Crippen molar-refractivity contribution in [3.8, 4) is 5.88 Å². The van der Waals surface area contributed by atoms with Crippen molar-refractivity contribution in [1.82, 2.24) is 4.98 Å². The second-order valence-electron chi connectivity index (χ2n) is 3.54. The molecule has 100 valence electrons. The molecule has 0 atom stereocenters. The Balaban J connectivity index is 2.19. The quantitative estimate of drug-likeness (QED) is 0.664.